The van der Waals surface area contributed by atoms with Crippen LogP contribution in [0.25, 0.3) is 0 Å². The van der Waals surface area contributed by atoms with Gasteiger partial charge in [-0.25, -0.2) is 9.97 Å². The van der Waals surface area contributed by atoms with E-state index >= 15 is 0 Å². The Balaban J connectivity index is 2.19. The highest BCUT2D eigenvalue weighted by molar-refractivity contribution is 5.57. The first-order chi connectivity index (χ1) is 9.53. The van der Waals surface area contributed by atoms with Crippen molar-refractivity contribution in [3.63, 3.8) is 0 Å². The van der Waals surface area contributed by atoms with Crippen molar-refractivity contribution in [1.29, 1.82) is 0 Å². The minimum atomic E-state index is -0.670. The second-order valence-corrected chi connectivity index (χ2v) is 5.71. The van der Waals surface area contributed by atoms with Crippen LogP contribution < -0.4 is 10.6 Å². The first kappa shape index (κ1) is 15.0. The van der Waals surface area contributed by atoms with Gasteiger partial charge in [0.05, 0.1) is 5.60 Å². The molecule has 1 aromatic heterocycles. The molecule has 20 heavy (non-hydrogen) atoms. The fraction of sp³-hybridized carbons (Fsp3) is 0.733. The Morgan fingerprint density at radius 3 is 2.30 bits per heavy atom. The van der Waals surface area contributed by atoms with E-state index in [2.05, 4.69) is 20.6 Å². The van der Waals surface area contributed by atoms with Crippen LogP contribution in [0.15, 0.2) is 0 Å². The van der Waals surface area contributed by atoms with Crippen LogP contribution in [0.1, 0.15) is 56.8 Å². The highest BCUT2D eigenvalue weighted by Gasteiger charge is 2.29. The van der Waals surface area contributed by atoms with E-state index in [9.17, 15) is 5.11 Å². The quantitative estimate of drug-likeness (QED) is 0.715. The van der Waals surface area contributed by atoms with Crippen molar-refractivity contribution in [3.05, 3.63) is 11.4 Å². The molecule has 1 heterocycles. The summed E-state index contributed by atoms with van der Waals surface area (Å²) in [5.74, 6) is 3.14. The molecular weight excluding hydrogens is 252 g/mol. The van der Waals surface area contributed by atoms with E-state index in [0.29, 0.717) is 12.5 Å². The maximum Gasteiger partial charge on any atom is 0.136 e. The van der Waals surface area contributed by atoms with E-state index in [-0.39, 0.29) is 0 Å². The van der Waals surface area contributed by atoms with E-state index in [0.717, 1.165) is 35.9 Å². The largest absolute Gasteiger partial charge is 0.388 e. The molecule has 0 aromatic carbocycles. The number of nitrogens with zero attached hydrogens (tertiary/aromatic N) is 2. The lowest BCUT2D eigenvalue weighted by molar-refractivity contribution is 0.0456. The van der Waals surface area contributed by atoms with E-state index in [1.165, 1.54) is 12.8 Å². The number of aliphatic hydroxyl groups is 1. The van der Waals surface area contributed by atoms with E-state index < -0.39 is 5.60 Å². The van der Waals surface area contributed by atoms with Crippen LogP contribution in [0.5, 0.6) is 0 Å². The summed E-state index contributed by atoms with van der Waals surface area (Å²) < 4.78 is 0. The third-order valence-electron chi connectivity index (χ3n) is 4.24. The standard InChI is InChI=1S/C15H26N4O/c1-5-15(20,6-2)9-17-13-10(3)12(16-4)18-14(19-13)11-7-8-11/h11,20H,5-9H2,1-4H3,(H2,16,17,18,19). The fourth-order valence-electron chi connectivity index (χ4n) is 2.22. The maximum atomic E-state index is 10.4. The maximum absolute atomic E-state index is 10.4. The molecule has 0 aliphatic heterocycles. The van der Waals surface area contributed by atoms with Gasteiger partial charge >= 0.3 is 0 Å². The van der Waals surface area contributed by atoms with E-state index in [4.69, 9.17) is 0 Å². The molecule has 0 saturated heterocycles. The van der Waals surface area contributed by atoms with Crippen LogP contribution >= 0.6 is 0 Å². The van der Waals surface area contributed by atoms with Crippen molar-refractivity contribution < 1.29 is 5.11 Å². The van der Waals surface area contributed by atoms with Crippen molar-refractivity contribution in [2.75, 3.05) is 24.2 Å². The molecule has 1 fully saturated rings. The van der Waals surface area contributed by atoms with Crippen molar-refractivity contribution in [2.24, 2.45) is 0 Å². The summed E-state index contributed by atoms with van der Waals surface area (Å²) in [6.45, 7) is 6.53. The number of nitrogens with one attached hydrogen (secondary N) is 2. The molecule has 112 valence electrons. The first-order valence-electron chi connectivity index (χ1n) is 7.55. The zero-order valence-electron chi connectivity index (χ0n) is 13.0. The summed E-state index contributed by atoms with van der Waals surface area (Å²) in [4.78, 5) is 9.21. The molecule has 0 bridgehead atoms. The lowest BCUT2D eigenvalue weighted by Gasteiger charge is -2.26. The Labute approximate surface area is 121 Å². The van der Waals surface area contributed by atoms with Crippen LogP contribution in [0.4, 0.5) is 11.6 Å². The zero-order chi connectivity index (χ0) is 14.8. The lowest BCUT2D eigenvalue weighted by atomic mass is 9.97. The summed E-state index contributed by atoms with van der Waals surface area (Å²) in [6.07, 6.45) is 3.82. The number of hydrogen-bond donors (Lipinski definition) is 3. The summed E-state index contributed by atoms with van der Waals surface area (Å²) in [7, 11) is 1.88. The predicted molar refractivity (Wildman–Crippen MR) is 82.3 cm³/mol. The van der Waals surface area contributed by atoms with Gasteiger partial charge < -0.3 is 15.7 Å². The van der Waals surface area contributed by atoms with Crippen LogP contribution in [-0.2, 0) is 0 Å². The molecule has 5 heteroatoms. The number of hydrogen-bond acceptors (Lipinski definition) is 5. The minimum absolute atomic E-state index is 0.513. The van der Waals surface area contributed by atoms with Crippen LogP contribution in [0, 0.1) is 6.92 Å². The Kier molecular flexibility index (Phi) is 4.48. The van der Waals surface area contributed by atoms with Crippen LogP contribution in [0.3, 0.4) is 0 Å². The summed E-state index contributed by atoms with van der Waals surface area (Å²) in [6, 6.07) is 0. The first-order valence-corrected chi connectivity index (χ1v) is 7.55. The van der Waals surface area contributed by atoms with E-state index in [1.807, 2.05) is 27.8 Å². The third-order valence-corrected chi connectivity index (χ3v) is 4.24. The second-order valence-electron chi connectivity index (χ2n) is 5.71. The molecule has 3 N–H and O–H groups in total. The van der Waals surface area contributed by atoms with Gasteiger partial charge in [0.2, 0.25) is 0 Å². The van der Waals surface area contributed by atoms with Crippen LogP contribution in [0.2, 0.25) is 0 Å². The van der Waals surface area contributed by atoms with Gasteiger partial charge in [-0.2, -0.15) is 0 Å². The normalized spacial score (nSPS) is 15.2. The molecular formula is C15H26N4O. The molecule has 1 aliphatic rings. The molecule has 0 radical (unpaired) electrons. The van der Waals surface area contributed by atoms with Gasteiger partial charge in [-0.1, -0.05) is 13.8 Å². The lowest BCUT2D eigenvalue weighted by Crippen LogP contribution is -2.35. The molecule has 1 saturated carbocycles. The molecule has 5 nitrogen and oxygen atoms in total. The second kappa shape index (κ2) is 5.95. The Hall–Kier alpha value is -1.36. The molecule has 2 rings (SSSR count). The molecule has 0 spiro atoms. The highest BCUT2D eigenvalue weighted by Crippen LogP contribution is 2.39. The SMILES string of the molecule is CCC(O)(CC)CNc1nc(C2CC2)nc(NC)c1C. The molecule has 1 aromatic rings. The molecule has 0 atom stereocenters. The minimum Gasteiger partial charge on any atom is -0.388 e. The average molecular weight is 278 g/mol. The van der Waals surface area contributed by atoms with Crippen molar-refractivity contribution in [2.45, 2.75) is 58.0 Å². The monoisotopic (exact) mass is 278 g/mol. The summed E-state index contributed by atoms with van der Waals surface area (Å²) >= 11 is 0. The smallest absolute Gasteiger partial charge is 0.136 e. The van der Waals surface area contributed by atoms with Gasteiger partial charge in [-0.05, 0) is 32.6 Å². The molecule has 0 unspecified atom stereocenters. The zero-order valence-corrected chi connectivity index (χ0v) is 13.0. The summed E-state index contributed by atoms with van der Waals surface area (Å²) in [5.41, 5.74) is 0.336. The molecule has 1 aliphatic carbocycles. The number of aromatic nitrogens is 2. The fourth-order valence-corrected chi connectivity index (χ4v) is 2.22. The van der Waals surface area contributed by atoms with Gasteiger partial charge in [0.15, 0.2) is 0 Å². The topological polar surface area (TPSA) is 70.1 Å². The molecule has 0 amide bonds. The average Bonchev–Trinajstić information content (AvgIpc) is 3.30. The number of anilines is 2. The Bertz CT molecular complexity index is 467. The van der Waals surface area contributed by atoms with Gasteiger partial charge in [0.25, 0.3) is 0 Å². The van der Waals surface area contributed by atoms with Gasteiger partial charge in [0.1, 0.15) is 17.5 Å². The highest BCUT2D eigenvalue weighted by atomic mass is 16.3. The van der Waals surface area contributed by atoms with Crippen molar-refractivity contribution in [1.82, 2.24) is 9.97 Å². The third kappa shape index (κ3) is 3.20. The van der Waals surface area contributed by atoms with Crippen molar-refractivity contribution in [3.8, 4) is 0 Å². The van der Waals surface area contributed by atoms with Gasteiger partial charge in [0, 0.05) is 25.1 Å². The van der Waals surface area contributed by atoms with Crippen LogP contribution in [-0.4, -0.2) is 34.3 Å². The Morgan fingerprint density at radius 2 is 1.80 bits per heavy atom. The summed E-state index contributed by atoms with van der Waals surface area (Å²) in [5, 5.41) is 16.8. The van der Waals surface area contributed by atoms with Gasteiger partial charge in [-0.3, -0.25) is 0 Å². The van der Waals surface area contributed by atoms with E-state index in [1.54, 1.807) is 0 Å². The predicted octanol–water partition coefficient (Wildman–Crippen LogP) is 2.67. The van der Waals surface area contributed by atoms with Gasteiger partial charge in [-0.15, -0.1) is 0 Å². The number of rotatable bonds is 7. The van der Waals surface area contributed by atoms with Crippen molar-refractivity contribution >= 4 is 11.6 Å². The Morgan fingerprint density at radius 1 is 1.20 bits per heavy atom.